The van der Waals surface area contributed by atoms with Gasteiger partial charge >= 0.3 is 5.97 Å². The molecule has 0 saturated carbocycles. The van der Waals surface area contributed by atoms with Gasteiger partial charge in [0.05, 0.1) is 11.5 Å². The highest BCUT2D eigenvalue weighted by Gasteiger charge is 2.14. The summed E-state index contributed by atoms with van der Waals surface area (Å²) in [6, 6.07) is 7.92. The van der Waals surface area contributed by atoms with Crippen LogP contribution in [-0.4, -0.2) is 22.6 Å². The maximum atomic E-state index is 10.8. The number of carboxylic acids is 1. The molecule has 0 amide bonds. The average molecular weight is 281 g/mol. The van der Waals surface area contributed by atoms with Crippen molar-refractivity contribution < 1.29 is 9.90 Å². The van der Waals surface area contributed by atoms with Gasteiger partial charge in [-0.05, 0) is 17.9 Å². The largest absolute Gasteiger partial charge is 0.481 e. The van der Waals surface area contributed by atoms with Crippen LogP contribution >= 0.6 is 23.5 Å². The summed E-state index contributed by atoms with van der Waals surface area (Å²) in [7, 11) is 0. The molecule has 0 aliphatic carbocycles. The van der Waals surface area contributed by atoms with E-state index in [1.165, 1.54) is 11.8 Å². The Kier molecular flexibility index (Phi) is 6.10. The van der Waals surface area contributed by atoms with Gasteiger partial charge in [-0.1, -0.05) is 19.9 Å². The van der Waals surface area contributed by atoms with Gasteiger partial charge in [0.15, 0.2) is 0 Å². The molecule has 3 nitrogen and oxygen atoms in total. The number of carbonyl (C=O) groups is 1. The van der Waals surface area contributed by atoms with Gasteiger partial charge < -0.3 is 5.11 Å². The molecular weight excluding hydrogens is 266 g/mol. The van der Waals surface area contributed by atoms with Crippen LogP contribution in [0.25, 0.3) is 0 Å². The second-order valence-corrected chi connectivity index (χ2v) is 6.09. The van der Waals surface area contributed by atoms with Gasteiger partial charge in [0.25, 0.3) is 0 Å². The SMILES string of the molecule is CCSc1cccc(SCC(C)C(=O)O)c1C#N. The lowest BCUT2D eigenvalue weighted by Crippen LogP contribution is -2.11. The molecule has 0 aliphatic rings. The minimum absolute atomic E-state index is 0.413. The normalized spacial score (nSPS) is 11.8. The van der Waals surface area contributed by atoms with Crippen molar-refractivity contribution >= 4 is 29.5 Å². The number of rotatable bonds is 6. The fourth-order valence-corrected chi connectivity index (χ4v) is 3.20. The van der Waals surface area contributed by atoms with Crippen LogP contribution in [0, 0.1) is 17.2 Å². The van der Waals surface area contributed by atoms with Crippen molar-refractivity contribution in [2.24, 2.45) is 5.92 Å². The molecule has 96 valence electrons. The molecule has 0 bridgehead atoms. The van der Waals surface area contributed by atoms with E-state index in [1.807, 2.05) is 25.1 Å². The molecule has 1 N–H and O–H groups in total. The maximum absolute atomic E-state index is 10.8. The lowest BCUT2D eigenvalue weighted by atomic mass is 10.2. The van der Waals surface area contributed by atoms with E-state index in [4.69, 9.17) is 5.11 Å². The summed E-state index contributed by atoms with van der Waals surface area (Å²) in [4.78, 5) is 12.6. The molecular formula is C13H15NO2S2. The van der Waals surface area contributed by atoms with E-state index in [0.29, 0.717) is 11.3 Å². The zero-order valence-electron chi connectivity index (χ0n) is 10.3. The fourth-order valence-electron chi connectivity index (χ4n) is 1.30. The van der Waals surface area contributed by atoms with Crippen molar-refractivity contribution in [2.45, 2.75) is 23.6 Å². The molecule has 1 aromatic rings. The van der Waals surface area contributed by atoms with Gasteiger partial charge in [0.2, 0.25) is 0 Å². The first-order valence-electron chi connectivity index (χ1n) is 5.61. The van der Waals surface area contributed by atoms with Gasteiger partial charge in [0.1, 0.15) is 6.07 Å². The number of benzene rings is 1. The summed E-state index contributed by atoms with van der Waals surface area (Å²) < 4.78 is 0. The molecule has 0 saturated heterocycles. The van der Waals surface area contributed by atoms with E-state index >= 15 is 0 Å². The summed E-state index contributed by atoms with van der Waals surface area (Å²) >= 11 is 3.06. The minimum atomic E-state index is -0.805. The van der Waals surface area contributed by atoms with Crippen molar-refractivity contribution in [1.29, 1.82) is 5.26 Å². The Morgan fingerprint density at radius 1 is 1.44 bits per heavy atom. The van der Waals surface area contributed by atoms with Crippen molar-refractivity contribution in [1.82, 2.24) is 0 Å². The van der Waals surface area contributed by atoms with Crippen LogP contribution in [0.2, 0.25) is 0 Å². The quantitative estimate of drug-likeness (QED) is 0.809. The summed E-state index contributed by atoms with van der Waals surface area (Å²) in [5.74, 6) is 0.169. The highest BCUT2D eigenvalue weighted by atomic mass is 32.2. The Labute approximate surface area is 116 Å². The lowest BCUT2D eigenvalue weighted by Gasteiger charge is -2.09. The number of nitriles is 1. The second kappa shape index (κ2) is 7.34. The first kappa shape index (κ1) is 14.9. The molecule has 1 unspecified atom stereocenters. The molecule has 1 atom stereocenters. The van der Waals surface area contributed by atoms with Gasteiger partial charge in [-0.2, -0.15) is 5.26 Å². The number of aliphatic carboxylic acids is 1. The molecule has 5 heteroatoms. The average Bonchev–Trinajstić information content (AvgIpc) is 2.36. The first-order valence-corrected chi connectivity index (χ1v) is 7.58. The smallest absolute Gasteiger partial charge is 0.307 e. The molecule has 0 spiro atoms. The molecule has 0 fully saturated rings. The van der Waals surface area contributed by atoms with Crippen molar-refractivity contribution in [3.63, 3.8) is 0 Å². The Bertz CT molecular complexity index is 469. The summed E-state index contributed by atoms with van der Waals surface area (Å²) in [6.07, 6.45) is 0. The molecule has 18 heavy (non-hydrogen) atoms. The van der Waals surface area contributed by atoms with Crippen molar-refractivity contribution in [2.75, 3.05) is 11.5 Å². The third-order valence-electron chi connectivity index (χ3n) is 2.31. The fraction of sp³-hybridized carbons (Fsp3) is 0.385. The standard InChI is InChI=1S/C13H15NO2S2/c1-3-17-11-5-4-6-12(10(11)7-14)18-8-9(2)13(15)16/h4-6,9H,3,8H2,1-2H3,(H,15,16). The predicted octanol–water partition coefficient (Wildman–Crippen LogP) is 3.48. The molecule has 0 aliphatic heterocycles. The Morgan fingerprint density at radius 2 is 2.06 bits per heavy atom. The highest BCUT2D eigenvalue weighted by Crippen LogP contribution is 2.31. The first-order chi connectivity index (χ1) is 8.60. The van der Waals surface area contributed by atoms with E-state index in [2.05, 4.69) is 6.07 Å². The van der Waals surface area contributed by atoms with E-state index in [9.17, 15) is 10.1 Å². The van der Waals surface area contributed by atoms with Crippen LogP contribution in [0.15, 0.2) is 28.0 Å². The van der Waals surface area contributed by atoms with E-state index in [0.717, 1.165) is 15.5 Å². The van der Waals surface area contributed by atoms with Gasteiger partial charge in [-0.25, -0.2) is 0 Å². The lowest BCUT2D eigenvalue weighted by molar-refractivity contribution is -0.140. The van der Waals surface area contributed by atoms with E-state index in [1.54, 1.807) is 18.7 Å². The molecule has 0 heterocycles. The monoisotopic (exact) mass is 281 g/mol. The summed E-state index contributed by atoms with van der Waals surface area (Å²) in [6.45, 7) is 3.71. The number of hydrogen-bond donors (Lipinski definition) is 1. The molecule has 1 rings (SSSR count). The zero-order valence-corrected chi connectivity index (χ0v) is 12.0. The second-order valence-electron chi connectivity index (χ2n) is 3.72. The number of thioether (sulfide) groups is 2. The maximum Gasteiger partial charge on any atom is 0.307 e. The number of carboxylic acid groups (broad SMARTS) is 1. The van der Waals surface area contributed by atoms with E-state index < -0.39 is 11.9 Å². The van der Waals surface area contributed by atoms with Gasteiger partial charge in [0, 0.05) is 15.5 Å². The molecule has 0 radical (unpaired) electrons. The summed E-state index contributed by atoms with van der Waals surface area (Å²) in [5, 5.41) is 18.1. The van der Waals surface area contributed by atoms with Crippen molar-refractivity contribution in [3.8, 4) is 6.07 Å². The third-order valence-corrected chi connectivity index (χ3v) is 4.57. The summed E-state index contributed by atoms with van der Waals surface area (Å²) in [5.41, 5.74) is 0.659. The highest BCUT2D eigenvalue weighted by molar-refractivity contribution is 8.00. The van der Waals surface area contributed by atoms with Crippen LogP contribution in [0.1, 0.15) is 19.4 Å². The number of hydrogen-bond acceptors (Lipinski definition) is 4. The Morgan fingerprint density at radius 3 is 2.56 bits per heavy atom. The number of nitrogens with zero attached hydrogens (tertiary/aromatic N) is 1. The van der Waals surface area contributed by atoms with Crippen molar-refractivity contribution in [3.05, 3.63) is 23.8 Å². The molecule has 0 aromatic heterocycles. The Hall–Kier alpha value is -1.12. The van der Waals surface area contributed by atoms with Crippen LogP contribution in [0.3, 0.4) is 0 Å². The zero-order chi connectivity index (χ0) is 13.5. The van der Waals surface area contributed by atoms with Gasteiger partial charge in [-0.15, -0.1) is 23.5 Å². The van der Waals surface area contributed by atoms with Crippen LogP contribution in [0.4, 0.5) is 0 Å². The van der Waals surface area contributed by atoms with Gasteiger partial charge in [-0.3, -0.25) is 4.79 Å². The Balaban J connectivity index is 2.86. The molecule has 1 aromatic carbocycles. The minimum Gasteiger partial charge on any atom is -0.481 e. The van der Waals surface area contributed by atoms with E-state index in [-0.39, 0.29) is 0 Å². The van der Waals surface area contributed by atoms with Crippen LogP contribution in [0.5, 0.6) is 0 Å². The third kappa shape index (κ3) is 3.97. The topological polar surface area (TPSA) is 61.1 Å². The van der Waals surface area contributed by atoms with Crippen LogP contribution < -0.4 is 0 Å². The van der Waals surface area contributed by atoms with Crippen LogP contribution in [-0.2, 0) is 4.79 Å². The predicted molar refractivity (Wildman–Crippen MR) is 75.1 cm³/mol.